The summed E-state index contributed by atoms with van der Waals surface area (Å²) in [4.78, 5) is 17.5. The van der Waals surface area contributed by atoms with E-state index < -0.39 is 0 Å². The lowest BCUT2D eigenvalue weighted by molar-refractivity contribution is 0.366. The summed E-state index contributed by atoms with van der Waals surface area (Å²) in [5.41, 5.74) is -0.184. The summed E-state index contributed by atoms with van der Waals surface area (Å²) >= 11 is 0. The summed E-state index contributed by atoms with van der Waals surface area (Å²) in [5.74, 6) is 0.998. The molecular weight excluding hydrogens is 172 g/mol. The van der Waals surface area contributed by atoms with Crippen molar-refractivity contribution in [3.05, 3.63) is 34.6 Å². The second-order valence-corrected chi connectivity index (χ2v) is 2.63. The number of aromatic amines is 1. The van der Waals surface area contributed by atoms with Crippen LogP contribution in [0.1, 0.15) is 11.7 Å². The number of rotatable bonds is 2. The largest absolute Gasteiger partial charge is 0.337 e. The predicted molar refractivity (Wildman–Crippen MR) is 43.2 cm³/mol. The van der Waals surface area contributed by atoms with Gasteiger partial charge < -0.3 is 9.51 Å². The van der Waals surface area contributed by atoms with Gasteiger partial charge in [0.2, 0.25) is 5.89 Å². The number of nitrogens with one attached hydrogen (secondary N) is 1. The van der Waals surface area contributed by atoms with Crippen LogP contribution in [0.15, 0.2) is 21.7 Å². The van der Waals surface area contributed by atoms with Crippen LogP contribution in [0.4, 0.5) is 0 Å². The van der Waals surface area contributed by atoms with E-state index in [1.165, 1.54) is 4.57 Å². The van der Waals surface area contributed by atoms with Gasteiger partial charge in [0.1, 0.15) is 6.54 Å². The molecule has 6 nitrogen and oxygen atoms in total. The summed E-state index contributed by atoms with van der Waals surface area (Å²) in [5, 5.41) is 3.62. The molecule has 2 aromatic rings. The van der Waals surface area contributed by atoms with E-state index in [-0.39, 0.29) is 5.69 Å². The summed E-state index contributed by atoms with van der Waals surface area (Å²) in [6, 6.07) is 0. The number of aromatic nitrogens is 4. The molecule has 2 rings (SSSR count). The third-order valence-electron chi connectivity index (χ3n) is 1.60. The van der Waals surface area contributed by atoms with Crippen molar-refractivity contribution >= 4 is 0 Å². The molecule has 0 aliphatic rings. The zero-order valence-electron chi connectivity index (χ0n) is 7.02. The molecule has 13 heavy (non-hydrogen) atoms. The van der Waals surface area contributed by atoms with Crippen LogP contribution in [-0.4, -0.2) is 19.7 Å². The minimum atomic E-state index is -0.184. The first-order valence-electron chi connectivity index (χ1n) is 3.79. The summed E-state index contributed by atoms with van der Waals surface area (Å²) in [7, 11) is 0. The van der Waals surface area contributed by atoms with Crippen LogP contribution in [0.5, 0.6) is 0 Å². The number of hydrogen-bond acceptors (Lipinski definition) is 4. The Bertz CT molecular complexity index is 453. The molecule has 0 aliphatic carbocycles. The molecule has 0 atom stereocenters. The molecule has 0 saturated heterocycles. The Kier molecular flexibility index (Phi) is 1.73. The lowest BCUT2D eigenvalue weighted by atomic mass is 10.6. The zero-order valence-corrected chi connectivity index (χ0v) is 7.02. The van der Waals surface area contributed by atoms with E-state index >= 15 is 0 Å². The van der Waals surface area contributed by atoms with Crippen molar-refractivity contribution in [3.63, 3.8) is 0 Å². The van der Waals surface area contributed by atoms with E-state index in [0.29, 0.717) is 18.3 Å². The number of imidazole rings is 1. The average Bonchev–Trinajstić information content (AvgIpc) is 2.64. The van der Waals surface area contributed by atoms with Crippen molar-refractivity contribution in [2.75, 3.05) is 0 Å². The molecule has 0 spiro atoms. The highest BCUT2D eigenvalue weighted by Gasteiger charge is 2.04. The Balaban J connectivity index is 2.24. The highest BCUT2D eigenvalue weighted by Crippen LogP contribution is 1.96. The van der Waals surface area contributed by atoms with E-state index in [0.717, 1.165) is 0 Å². The van der Waals surface area contributed by atoms with E-state index in [1.807, 2.05) is 0 Å². The molecule has 1 N–H and O–H groups in total. The minimum absolute atomic E-state index is 0.184. The number of H-pyrrole nitrogens is 1. The molecule has 0 aliphatic heterocycles. The van der Waals surface area contributed by atoms with Gasteiger partial charge >= 0.3 is 5.69 Å². The average molecular weight is 180 g/mol. The standard InChI is InChI=1S/C7H8N4O2/c1-5-9-6(13-10-5)4-11-3-2-8-7(11)12/h2-3H,4H2,1H3,(H,8,12). The van der Waals surface area contributed by atoms with Gasteiger partial charge in [-0.2, -0.15) is 4.98 Å². The first-order valence-corrected chi connectivity index (χ1v) is 3.79. The van der Waals surface area contributed by atoms with Gasteiger partial charge in [-0.3, -0.25) is 4.57 Å². The topological polar surface area (TPSA) is 76.7 Å². The molecule has 0 saturated carbocycles. The van der Waals surface area contributed by atoms with E-state index in [9.17, 15) is 4.79 Å². The Morgan fingerprint density at radius 3 is 3.08 bits per heavy atom. The molecule has 68 valence electrons. The lowest BCUT2D eigenvalue weighted by Gasteiger charge is -1.92. The molecule has 6 heteroatoms. The highest BCUT2D eigenvalue weighted by atomic mass is 16.5. The molecule has 0 aromatic carbocycles. The van der Waals surface area contributed by atoms with Crippen LogP contribution in [0.2, 0.25) is 0 Å². The molecular formula is C7H8N4O2. The third-order valence-corrected chi connectivity index (χ3v) is 1.60. The van der Waals surface area contributed by atoms with Crippen molar-refractivity contribution in [2.45, 2.75) is 13.5 Å². The molecule has 0 fully saturated rings. The van der Waals surface area contributed by atoms with Gasteiger partial charge in [0.15, 0.2) is 5.82 Å². The SMILES string of the molecule is Cc1noc(Cn2cc[nH]c2=O)n1. The van der Waals surface area contributed by atoms with Gasteiger partial charge in [0, 0.05) is 12.4 Å². The number of aryl methyl sites for hydroxylation is 1. The third kappa shape index (κ3) is 1.51. The van der Waals surface area contributed by atoms with E-state index in [2.05, 4.69) is 15.1 Å². The number of hydrogen-bond donors (Lipinski definition) is 1. The van der Waals surface area contributed by atoms with Crippen LogP contribution in [-0.2, 0) is 6.54 Å². The zero-order chi connectivity index (χ0) is 9.26. The van der Waals surface area contributed by atoms with Gasteiger partial charge in [-0.1, -0.05) is 5.16 Å². The van der Waals surface area contributed by atoms with Crippen LogP contribution < -0.4 is 5.69 Å². The highest BCUT2D eigenvalue weighted by molar-refractivity contribution is 4.86. The van der Waals surface area contributed by atoms with Crippen molar-refractivity contribution in [1.29, 1.82) is 0 Å². The Morgan fingerprint density at radius 2 is 2.54 bits per heavy atom. The molecule has 0 radical (unpaired) electrons. The minimum Gasteiger partial charge on any atom is -0.337 e. The van der Waals surface area contributed by atoms with Crippen LogP contribution in [0.3, 0.4) is 0 Å². The van der Waals surface area contributed by atoms with Crippen LogP contribution >= 0.6 is 0 Å². The van der Waals surface area contributed by atoms with Crippen LogP contribution in [0, 0.1) is 6.92 Å². The second-order valence-electron chi connectivity index (χ2n) is 2.63. The number of nitrogens with zero attached hydrogens (tertiary/aromatic N) is 3. The van der Waals surface area contributed by atoms with Crippen LogP contribution in [0.25, 0.3) is 0 Å². The normalized spacial score (nSPS) is 10.5. The monoisotopic (exact) mass is 180 g/mol. The second kappa shape index (κ2) is 2.89. The maximum Gasteiger partial charge on any atom is 0.325 e. The van der Waals surface area contributed by atoms with Gasteiger partial charge in [0.05, 0.1) is 0 Å². The fraction of sp³-hybridized carbons (Fsp3) is 0.286. The lowest BCUT2D eigenvalue weighted by Crippen LogP contribution is -2.16. The van der Waals surface area contributed by atoms with E-state index in [1.54, 1.807) is 19.3 Å². The van der Waals surface area contributed by atoms with Crippen molar-refractivity contribution < 1.29 is 4.52 Å². The summed E-state index contributed by atoms with van der Waals surface area (Å²) in [6.45, 7) is 2.04. The Hall–Kier alpha value is -1.85. The van der Waals surface area contributed by atoms with Crippen molar-refractivity contribution in [1.82, 2.24) is 19.7 Å². The Morgan fingerprint density at radius 1 is 1.69 bits per heavy atom. The molecule has 2 aromatic heterocycles. The quantitative estimate of drug-likeness (QED) is 0.701. The van der Waals surface area contributed by atoms with Crippen molar-refractivity contribution in [3.8, 4) is 0 Å². The smallest absolute Gasteiger partial charge is 0.325 e. The maximum atomic E-state index is 11.0. The van der Waals surface area contributed by atoms with Gasteiger partial charge in [0.25, 0.3) is 0 Å². The molecule has 0 unspecified atom stereocenters. The van der Waals surface area contributed by atoms with Gasteiger partial charge in [-0.05, 0) is 6.92 Å². The summed E-state index contributed by atoms with van der Waals surface area (Å²) in [6.07, 6.45) is 3.19. The molecule has 0 bridgehead atoms. The first kappa shape index (κ1) is 7.78. The molecule has 0 amide bonds. The maximum absolute atomic E-state index is 11.0. The molecule has 2 heterocycles. The fourth-order valence-electron chi connectivity index (χ4n) is 1.02. The first-order chi connectivity index (χ1) is 6.25. The van der Waals surface area contributed by atoms with Crippen molar-refractivity contribution in [2.24, 2.45) is 0 Å². The summed E-state index contributed by atoms with van der Waals surface area (Å²) < 4.78 is 6.31. The van der Waals surface area contributed by atoms with E-state index in [4.69, 9.17) is 4.52 Å². The van der Waals surface area contributed by atoms with Gasteiger partial charge in [-0.25, -0.2) is 4.79 Å². The van der Waals surface area contributed by atoms with Gasteiger partial charge in [-0.15, -0.1) is 0 Å². The fourth-order valence-corrected chi connectivity index (χ4v) is 1.02. The predicted octanol–water partition coefficient (Wildman–Crippen LogP) is -0.0839. The Labute approximate surface area is 73.2 Å².